The Labute approximate surface area is 131 Å². The van der Waals surface area contributed by atoms with E-state index in [0.29, 0.717) is 0 Å². The first-order valence-electron chi connectivity index (χ1n) is 6.50. The highest BCUT2D eigenvalue weighted by Gasteiger charge is 2.29. The van der Waals surface area contributed by atoms with Gasteiger partial charge in [0.05, 0.1) is 11.9 Å². The number of aromatic nitrogens is 2. The summed E-state index contributed by atoms with van der Waals surface area (Å²) in [6, 6.07) is 12.2. The number of nitrogens with zero attached hydrogens (tertiary/aromatic N) is 2. The molecule has 1 aromatic carbocycles. The van der Waals surface area contributed by atoms with Crippen molar-refractivity contribution in [3.8, 4) is 11.1 Å². The molecule has 0 fully saturated rings. The summed E-state index contributed by atoms with van der Waals surface area (Å²) in [4.78, 5) is 19.5. The Morgan fingerprint density at radius 1 is 0.957 bits per heavy atom. The molecule has 8 nitrogen and oxygen atoms in total. The average Bonchev–Trinajstić information content (AvgIpc) is 2.55. The summed E-state index contributed by atoms with van der Waals surface area (Å²) in [6.45, 7) is 1.97. The highest BCUT2D eigenvalue weighted by Crippen LogP contribution is 2.19. The fourth-order valence-corrected chi connectivity index (χ4v) is 1.60. The molecule has 0 aliphatic carbocycles. The van der Waals surface area contributed by atoms with Crippen LogP contribution in [-0.4, -0.2) is 54.8 Å². The van der Waals surface area contributed by atoms with E-state index in [4.69, 9.17) is 20.4 Å². The number of carboxylic acids is 2. The second-order valence-corrected chi connectivity index (χ2v) is 4.46. The molecular weight excluding hydrogens is 304 g/mol. The van der Waals surface area contributed by atoms with Crippen molar-refractivity contribution >= 4 is 11.9 Å². The molecule has 0 bridgehead atoms. The predicted octanol–water partition coefficient (Wildman–Crippen LogP) is 0.329. The second-order valence-electron chi connectivity index (χ2n) is 4.46. The van der Waals surface area contributed by atoms with Gasteiger partial charge in [0.2, 0.25) is 0 Å². The summed E-state index contributed by atoms with van der Waals surface area (Å²) in [5, 5.41) is 40.4. The quantitative estimate of drug-likeness (QED) is 0.631. The van der Waals surface area contributed by atoms with Crippen molar-refractivity contribution in [1.82, 2.24) is 10.2 Å². The SMILES string of the molecule is Cc1nnccc1-c1ccccc1.O=C(O)C(O)C(O)C(=O)O. The van der Waals surface area contributed by atoms with Gasteiger partial charge in [-0.05, 0) is 18.6 Å². The van der Waals surface area contributed by atoms with Crippen LogP contribution in [0.25, 0.3) is 11.1 Å². The second kappa shape index (κ2) is 8.57. The van der Waals surface area contributed by atoms with Gasteiger partial charge in [-0.3, -0.25) is 0 Å². The van der Waals surface area contributed by atoms with Crippen LogP contribution in [0.2, 0.25) is 0 Å². The van der Waals surface area contributed by atoms with E-state index in [1.807, 2.05) is 31.2 Å². The Kier molecular flexibility index (Phi) is 6.78. The summed E-state index contributed by atoms with van der Waals surface area (Å²) in [5.74, 6) is -3.54. The molecule has 0 radical (unpaired) electrons. The van der Waals surface area contributed by atoms with Gasteiger partial charge in [0.1, 0.15) is 0 Å². The minimum absolute atomic E-state index is 0.966. The number of rotatable bonds is 4. The van der Waals surface area contributed by atoms with Gasteiger partial charge in [0.15, 0.2) is 12.2 Å². The fraction of sp³-hybridized carbons (Fsp3) is 0.200. The van der Waals surface area contributed by atoms with Gasteiger partial charge in [-0.2, -0.15) is 10.2 Å². The Morgan fingerprint density at radius 3 is 1.91 bits per heavy atom. The molecule has 122 valence electrons. The molecule has 8 heteroatoms. The van der Waals surface area contributed by atoms with E-state index < -0.39 is 24.1 Å². The Morgan fingerprint density at radius 2 is 1.48 bits per heavy atom. The molecule has 2 unspecified atom stereocenters. The maximum absolute atomic E-state index is 9.77. The van der Waals surface area contributed by atoms with Gasteiger partial charge < -0.3 is 20.4 Å². The van der Waals surface area contributed by atoms with Crippen LogP contribution in [0.3, 0.4) is 0 Å². The monoisotopic (exact) mass is 320 g/mol. The summed E-state index contributed by atoms with van der Waals surface area (Å²) < 4.78 is 0. The molecule has 0 saturated heterocycles. The number of hydrogen-bond donors (Lipinski definition) is 4. The van der Waals surface area contributed by atoms with Gasteiger partial charge in [0, 0.05) is 5.56 Å². The normalized spacial score (nSPS) is 12.5. The minimum atomic E-state index is -2.27. The molecule has 4 N–H and O–H groups in total. The highest BCUT2D eigenvalue weighted by atomic mass is 16.4. The van der Waals surface area contributed by atoms with Crippen LogP contribution in [0.5, 0.6) is 0 Å². The van der Waals surface area contributed by atoms with Crippen molar-refractivity contribution in [3.63, 3.8) is 0 Å². The lowest BCUT2D eigenvalue weighted by Crippen LogP contribution is -2.39. The first kappa shape index (κ1) is 18.2. The molecular formula is C15H16N2O6. The van der Waals surface area contributed by atoms with Crippen LogP contribution < -0.4 is 0 Å². The molecule has 0 aliphatic heterocycles. The largest absolute Gasteiger partial charge is 0.479 e. The molecule has 2 aromatic rings. The number of aliphatic carboxylic acids is 2. The molecule has 2 atom stereocenters. The molecule has 2 rings (SSSR count). The summed E-state index contributed by atoms with van der Waals surface area (Å²) in [7, 11) is 0. The molecule has 1 aromatic heterocycles. The van der Waals surface area contributed by atoms with E-state index in [1.54, 1.807) is 6.20 Å². The van der Waals surface area contributed by atoms with Crippen molar-refractivity contribution in [3.05, 3.63) is 48.3 Å². The number of aryl methyl sites for hydroxylation is 1. The van der Waals surface area contributed by atoms with E-state index in [-0.39, 0.29) is 0 Å². The number of aliphatic hydroxyl groups is 2. The van der Waals surface area contributed by atoms with Crippen LogP contribution in [0.1, 0.15) is 5.69 Å². The summed E-state index contributed by atoms with van der Waals surface area (Å²) in [6.07, 6.45) is -2.81. The summed E-state index contributed by atoms with van der Waals surface area (Å²) in [5.41, 5.74) is 3.30. The van der Waals surface area contributed by atoms with Crippen LogP contribution in [0, 0.1) is 6.92 Å². The first-order valence-corrected chi connectivity index (χ1v) is 6.50. The van der Waals surface area contributed by atoms with Crippen molar-refractivity contribution < 1.29 is 30.0 Å². The first-order chi connectivity index (χ1) is 10.8. The summed E-state index contributed by atoms with van der Waals surface area (Å²) >= 11 is 0. The van der Waals surface area contributed by atoms with Crippen LogP contribution >= 0.6 is 0 Å². The zero-order valence-corrected chi connectivity index (χ0v) is 12.2. The lowest BCUT2D eigenvalue weighted by molar-refractivity contribution is -0.165. The van der Waals surface area contributed by atoms with Crippen LogP contribution in [-0.2, 0) is 9.59 Å². The zero-order valence-electron chi connectivity index (χ0n) is 12.2. The van der Waals surface area contributed by atoms with E-state index >= 15 is 0 Å². The minimum Gasteiger partial charge on any atom is -0.479 e. The third-order valence-corrected chi connectivity index (χ3v) is 2.80. The Hall–Kier alpha value is -2.84. The third kappa shape index (κ3) is 5.46. The Balaban J connectivity index is 0.000000241. The van der Waals surface area contributed by atoms with Crippen molar-refractivity contribution in [1.29, 1.82) is 0 Å². The lowest BCUT2D eigenvalue weighted by atomic mass is 10.1. The molecule has 23 heavy (non-hydrogen) atoms. The van der Waals surface area contributed by atoms with Gasteiger partial charge in [-0.1, -0.05) is 30.3 Å². The predicted molar refractivity (Wildman–Crippen MR) is 79.5 cm³/mol. The van der Waals surface area contributed by atoms with Gasteiger partial charge in [-0.15, -0.1) is 0 Å². The van der Waals surface area contributed by atoms with Crippen LogP contribution in [0.4, 0.5) is 0 Å². The van der Waals surface area contributed by atoms with Crippen LogP contribution in [0.15, 0.2) is 42.6 Å². The van der Waals surface area contributed by atoms with Crippen molar-refractivity contribution in [2.45, 2.75) is 19.1 Å². The Bertz CT molecular complexity index is 644. The number of carbonyl (C=O) groups is 2. The fourth-order valence-electron chi connectivity index (χ4n) is 1.60. The lowest BCUT2D eigenvalue weighted by Gasteiger charge is -2.07. The van der Waals surface area contributed by atoms with Crippen molar-refractivity contribution in [2.24, 2.45) is 0 Å². The van der Waals surface area contributed by atoms with Gasteiger partial charge >= 0.3 is 11.9 Å². The van der Waals surface area contributed by atoms with Gasteiger partial charge in [-0.25, -0.2) is 9.59 Å². The maximum Gasteiger partial charge on any atom is 0.335 e. The number of carboxylic acid groups (broad SMARTS) is 2. The van der Waals surface area contributed by atoms with Crippen molar-refractivity contribution in [2.75, 3.05) is 0 Å². The van der Waals surface area contributed by atoms with E-state index in [0.717, 1.165) is 11.3 Å². The van der Waals surface area contributed by atoms with E-state index in [2.05, 4.69) is 22.3 Å². The topological polar surface area (TPSA) is 141 Å². The molecule has 1 heterocycles. The average molecular weight is 320 g/mol. The zero-order chi connectivity index (χ0) is 17.4. The number of hydrogen-bond acceptors (Lipinski definition) is 6. The maximum atomic E-state index is 9.77. The van der Waals surface area contributed by atoms with Gasteiger partial charge in [0.25, 0.3) is 0 Å². The van der Waals surface area contributed by atoms with E-state index in [1.165, 1.54) is 5.56 Å². The molecule has 0 spiro atoms. The number of benzene rings is 1. The smallest absolute Gasteiger partial charge is 0.335 e. The van der Waals surface area contributed by atoms with E-state index in [9.17, 15) is 9.59 Å². The molecule has 0 aliphatic rings. The number of aliphatic hydroxyl groups excluding tert-OH is 2. The molecule has 0 amide bonds. The third-order valence-electron chi connectivity index (χ3n) is 2.80. The standard InChI is InChI=1S/C11H10N2.C4H6O6/c1-9-11(7-8-12-13-9)10-5-3-2-4-6-10;5-1(3(7)8)2(6)4(9)10/h2-8H,1H3;1-2,5-6H,(H,7,8)(H,9,10). The highest BCUT2D eigenvalue weighted by molar-refractivity contribution is 5.83. The molecule has 0 saturated carbocycles.